The molecule has 3 fully saturated rings. The van der Waals surface area contributed by atoms with Crippen LogP contribution in [0.4, 0.5) is 4.39 Å². The first-order valence-corrected chi connectivity index (χ1v) is 12.6. The van der Waals surface area contributed by atoms with Crippen molar-refractivity contribution in [1.82, 2.24) is 14.7 Å². The van der Waals surface area contributed by atoms with Gasteiger partial charge in [0.25, 0.3) is 0 Å². The second-order valence-corrected chi connectivity index (χ2v) is 10.5. The maximum atomic E-state index is 14.2. The molecule has 1 aliphatic carbocycles. The maximum Gasteiger partial charge on any atom is 0.227 e. The molecule has 8 heteroatoms. The SMILES string of the molecule is CC12CCN(C(=O)Cc3c(F)cccc3Cl)CCC1=NC(N1CCN(C3CCC3)CC1)=NC2. The van der Waals surface area contributed by atoms with Crippen molar-refractivity contribution in [2.24, 2.45) is 15.4 Å². The quantitative estimate of drug-likeness (QED) is 0.673. The van der Waals surface area contributed by atoms with Crippen LogP contribution in [-0.4, -0.2) is 84.1 Å². The Balaban J connectivity index is 1.22. The minimum atomic E-state index is -0.425. The molecule has 6 nitrogen and oxygen atoms in total. The van der Waals surface area contributed by atoms with E-state index in [1.165, 1.54) is 25.3 Å². The van der Waals surface area contributed by atoms with Gasteiger partial charge in [-0.2, -0.15) is 0 Å². The minimum absolute atomic E-state index is 0.0122. The topological polar surface area (TPSA) is 51.5 Å². The molecule has 0 bridgehead atoms. The number of carbonyl (C=O) groups is 1. The number of hydrogen-bond acceptors (Lipinski definition) is 5. The Morgan fingerprint density at radius 1 is 1.18 bits per heavy atom. The molecule has 1 aromatic carbocycles. The second kappa shape index (κ2) is 9.34. The number of hydrogen-bond donors (Lipinski definition) is 0. The van der Waals surface area contributed by atoms with E-state index in [0.29, 0.717) is 24.7 Å². The summed E-state index contributed by atoms with van der Waals surface area (Å²) < 4.78 is 14.2. The molecule has 178 valence electrons. The van der Waals surface area contributed by atoms with Crippen molar-refractivity contribution in [1.29, 1.82) is 0 Å². The molecular weight excluding hydrogens is 441 g/mol. The summed E-state index contributed by atoms with van der Waals surface area (Å²) in [6.07, 6.45) is 5.60. The Morgan fingerprint density at radius 2 is 1.97 bits per heavy atom. The van der Waals surface area contributed by atoms with Crippen LogP contribution in [0, 0.1) is 11.2 Å². The van der Waals surface area contributed by atoms with Crippen LogP contribution in [0.2, 0.25) is 5.02 Å². The third kappa shape index (κ3) is 4.67. The average molecular weight is 474 g/mol. The lowest BCUT2D eigenvalue weighted by Crippen LogP contribution is -2.54. The fourth-order valence-electron chi connectivity index (χ4n) is 5.37. The predicted octanol–water partition coefficient (Wildman–Crippen LogP) is 3.63. The summed E-state index contributed by atoms with van der Waals surface area (Å²) in [5.74, 6) is 0.359. The highest BCUT2D eigenvalue weighted by molar-refractivity contribution is 6.31. The smallest absolute Gasteiger partial charge is 0.227 e. The fraction of sp³-hybridized carbons (Fsp3) is 0.640. The molecule has 0 spiro atoms. The number of guanidine groups is 1. The number of halogens is 2. The van der Waals surface area contributed by atoms with Gasteiger partial charge in [0, 0.05) is 73.4 Å². The van der Waals surface area contributed by atoms with E-state index in [4.69, 9.17) is 21.6 Å². The number of nitrogens with zero attached hydrogens (tertiary/aromatic N) is 5. The van der Waals surface area contributed by atoms with Gasteiger partial charge < -0.3 is 9.80 Å². The lowest BCUT2D eigenvalue weighted by atomic mass is 9.80. The van der Waals surface area contributed by atoms with Crippen LogP contribution in [0.15, 0.2) is 28.2 Å². The van der Waals surface area contributed by atoms with Crippen molar-refractivity contribution < 1.29 is 9.18 Å². The van der Waals surface area contributed by atoms with E-state index in [-0.39, 0.29) is 23.3 Å². The fourth-order valence-corrected chi connectivity index (χ4v) is 5.60. The van der Waals surface area contributed by atoms with Gasteiger partial charge in [0.2, 0.25) is 11.9 Å². The van der Waals surface area contributed by atoms with Crippen LogP contribution in [0.3, 0.4) is 0 Å². The zero-order valence-electron chi connectivity index (χ0n) is 19.4. The largest absolute Gasteiger partial charge is 0.342 e. The number of rotatable bonds is 3. The van der Waals surface area contributed by atoms with Crippen molar-refractivity contribution in [2.75, 3.05) is 45.8 Å². The molecule has 0 N–H and O–H groups in total. The van der Waals surface area contributed by atoms with Gasteiger partial charge in [-0.25, -0.2) is 9.38 Å². The number of fused-ring (bicyclic) bond motifs is 1. The first-order valence-electron chi connectivity index (χ1n) is 12.3. The molecule has 5 rings (SSSR count). The van der Waals surface area contributed by atoms with E-state index in [1.807, 2.05) is 4.90 Å². The van der Waals surface area contributed by atoms with Gasteiger partial charge in [-0.05, 0) is 31.4 Å². The summed E-state index contributed by atoms with van der Waals surface area (Å²) in [5.41, 5.74) is 1.30. The molecule has 2 saturated heterocycles. The van der Waals surface area contributed by atoms with Gasteiger partial charge in [-0.15, -0.1) is 0 Å². The van der Waals surface area contributed by atoms with Gasteiger partial charge in [0.05, 0.1) is 13.0 Å². The molecule has 0 radical (unpaired) electrons. The van der Waals surface area contributed by atoms with Crippen molar-refractivity contribution in [3.63, 3.8) is 0 Å². The summed E-state index contributed by atoms with van der Waals surface area (Å²) in [5, 5.41) is 0.304. The molecule has 3 heterocycles. The van der Waals surface area contributed by atoms with Gasteiger partial charge >= 0.3 is 0 Å². The first kappa shape index (κ1) is 22.8. The summed E-state index contributed by atoms with van der Waals surface area (Å²) in [6.45, 7) is 8.30. The molecule has 4 aliphatic rings. The average Bonchev–Trinajstić information content (AvgIpc) is 2.94. The molecule has 1 unspecified atom stereocenters. The zero-order valence-corrected chi connectivity index (χ0v) is 20.2. The summed E-state index contributed by atoms with van der Waals surface area (Å²) in [6, 6.07) is 5.34. The third-order valence-corrected chi connectivity index (χ3v) is 8.34. The van der Waals surface area contributed by atoms with E-state index in [9.17, 15) is 9.18 Å². The van der Waals surface area contributed by atoms with Gasteiger partial charge in [-0.1, -0.05) is 31.0 Å². The second-order valence-electron chi connectivity index (χ2n) is 10.1. The molecule has 1 aromatic rings. The Kier molecular flexibility index (Phi) is 6.45. The number of piperazine rings is 1. The molecule has 1 atom stereocenters. The van der Waals surface area contributed by atoms with Gasteiger partial charge in [-0.3, -0.25) is 14.7 Å². The van der Waals surface area contributed by atoms with E-state index >= 15 is 0 Å². The number of likely N-dealkylation sites (tertiary alicyclic amines) is 1. The van der Waals surface area contributed by atoms with Crippen LogP contribution in [0.5, 0.6) is 0 Å². The highest BCUT2D eigenvalue weighted by Gasteiger charge is 2.38. The maximum absolute atomic E-state index is 14.2. The lowest BCUT2D eigenvalue weighted by Gasteiger charge is -2.44. The number of aliphatic imine (C=N–C) groups is 2. The third-order valence-electron chi connectivity index (χ3n) is 7.98. The standard InChI is InChI=1S/C25H33ClFN5O/c1-25-9-11-31(23(33)16-19-20(26)6-3-7-21(19)27)10-8-22(25)29-24(28-17-25)32-14-12-30(13-15-32)18-4-2-5-18/h3,6-7,18H,2,4-5,8-17H2,1H3. The van der Waals surface area contributed by atoms with E-state index < -0.39 is 5.82 Å². The van der Waals surface area contributed by atoms with Crippen LogP contribution < -0.4 is 0 Å². The van der Waals surface area contributed by atoms with Gasteiger partial charge in [0.15, 0.2) is 0 Å². The molecule has 3 aliphatic heterocycles. The molecule has 0 aromatic heterocycles. The first-order chi connectivity index (χ1) is 15.9. The van der Waals surface area contributed by atoms with Crippen LogP contribution in [0.25, 0.3) is 0 Å². The summed E-state index contributed by atoms with van der Waals surface area (Å²) in [4.78, 5) is 29.7. The zero-order chi connectivity index (χ0) is 23.0. The van der Waals surface area contributed by atoms with E-state index in [1.54, 1.807) is 12.1 Å². The van der Waals surface area contributed by atoms with Crippen molar-refractivity contribution in [3.05, 3.63) is 34.6 Å². The molecule has 1 amide bonds. The van der Waals surface area contributed by atoms with E-state index in [0.717, 1.165) is 56.7 Å². The van der Waals surface area contributed by atoms with Gasteiger partial charge in [0.1, 0.15) is 5.82 Å². The lowest BCUT2D eigenvalue weighted by molar-refractivity contribution is -0.130. The monoisotopic (exact) mass is 473 g/mol. The van der Waals surface area contributed by atoms with Crippen molar-refractivity contribution in [2.45, 2.75) is 51.5 Å². The highest BCUT2D eigenvalue weighted by atomic mass is 35.5. The van der Waals surface area contributed by atoms with Crippen molar-refractivity contribution in [3.8, 4) is 0 Å². The molecule has 1 saturated carbocycles. The normalized spacial score (nSPS) is 26.8. The number of carbonyl (C=O) groups excluding carboxylic acids is 1. The van der Waals surface area contributed by atoms with Crippen LogP contribution in [-0.2, 0) is 11.2 Å². The number of benzene rings is 1. The van der Waals surface area contributed by atoms with Crippen LogP contribution in [0.1, 0.15) is 44.6 Å². The predicted molar refractivity (Wildman–Crippen MR) is 130 cm³/mol. The molecule has 33 heavy (non-hydrogen) atoms. The Morgan fingerprint density at radius 3 is 2.67 bits per heavy atom. The minimum Gasteiger partial charge on any atom is -0.342 e. The Hall–Kier alpha value is -1.99. The van der Waals surface area contributed by atoms with Crippen molar-refractivity contribution >= 4 is 29.2 Å². The summed E-state index contributed by atoms with van der Waals surface area (Å²) >= 11 is 6.14. The highest BCUT2D eigenvalue weighted by Crippen LogP contribution is 2.33. The van der Waals surface area contributed by atoms with Crippen LogP contribution >= 0.6 is 11.6 Å². The Labute approximate surface area is 200 Å². The Bertz CT molecular complexity index is 949. The summed E-state index contributed by atoms with van der Waals surface area (Å²) in [7, 11) is 0. The molecular formula is C25H33ClFN5O. The van der Waals surface area contributed by atoms with E-state index in [2.05, 4.69) is 16.7 Å². The number of amides is 1.